The molecule has 0 bridgehead atoms. The van der Waals surface area contributed by atoms with Crippen molar-refractivity contribution in [1.29, 1.82) is 0 Å². The average Bonchev–Trinajstić information content (AvgIpc) is 3.44. The van der Waals surface area contributed by atoms with E-state index in [4.69, 9.17) is 0 Å². The fourth-order valence-corrected chi connectivity index (χ4v) is 3.63. The lowest BCUT2D eigenvalue weighted by atomic mass is 10.1. The van der Waals surface area contributed by atoms with Crippen LogP contribution in [0, 0.1) is 0 Å². The first-order chi connectivity index (χ1) is 13.7. The monoisotopic (exact) mass is 373 g/mol. The van der Waals surface area contributed by atoms with E-state index in [9.17, 15) is 9.59 Å². The van der Waals surface area contributed by atoms with Crippen LogP contribution in [0.4, 0.5) is 0 Å². The largest absolute Gasteiger partial charge is 0.350 e. The third-order valence-corrected chi connectivity index (χ3v) is 5.14. The molecule has 5 nitrogen and oxygen atoms in total. The standard InChI is InChI=1S/C23H23N3O2/c27-22(24-17-18-7-2-1-3-8-18)21-9-6-16-26(21)23(28)19-10-12-20(13-11-19)25-14-4-5-15-25/h1-5,7-8,10-15,21H,6,9,16-17H2,(H,24,27)/t21-/m0/s1. The summed E-state index contributed by atoms with van der Waals surface area (Å²) in [5, 5.41) is 2.97. The van der Waals surface area contributed by atoms with Crippen LogP contribution in [0.5, 0.6) is 0 Å². The van der Waals surface area contributed by atoms with Crippen LogP contribution in [0.1, 0.15) is 28.8 Å². The molecule has 1 N–H and O–H groups in total. The highest BCUT2D eigenvalue weighted by Crippen LogP contribution is 2.21. The van der Waals surface area contributed by atoms with Crippen molar-refractivity contribution in [2.24, 2.45) is 0 Å². The van der Waals surface area contributed by atoms with Gasteiger partial charge in [-0.1, -0.05) is 30.3 Å². The Morgan fingerprint density at radius 1 is 0.929 bits per heavy atom. The third-order valence-electron chi connectivity index (χ3n) is 5.14. The Balaban J connectivity index is 1.42. The zero-order valence-corrected chi connectivity index (χ0v) is 15.6. The first-order valence-electron chi connectivity index (χ1n) is 9.58. The van der Waals surface area contributed by atoms with E-state index in [1.165, 1.54) is 0 Å². The molecule has 1 aliphatic heterocycles. The van der Waals surface area contributed by atoms with Gasteiger partial charge in [-0.15, -0.1) is 0 Å². The Hall–Kier alpha value is -3.34. The summed E-state index contributed by atoms with van der Waals surface area (Å²) in [5.41, 5.74) is 2.66. The molecule has 0 saturated carbocycles. The maximum Gasteiger partial charge on any atom is 0.254 e. The Kier molecular flexibility index (Phi) is 5.24. The average molecular weight is 373 g/mol. The van der Waals surface area contributed by atoms with E-state index in [1.54, 1.807) is 4.90 Å². The van der Waals surface area contributed by atoms with Gasteiger partial charge in [0.25, 0.3) is 5.91 Å². The van der Waals surface area contributed by atoms with Crippen LogP contribution in [0.25, 0.3) is 5.69 Å². The third kappa shape index (κ3) is 3.83. The fraction of sp³-hybridized carbons (Fsp3) is 0.217. The second-order valence-corrected chi connectivity index (χ2v) is 7.00. The molecule has 0 aliphatic carbocycles. The van der Waals surface area contributed by atoms with Gasteiger partial charge in [0, 0.05) is 36.7 Å². The van der Waals surface area contributed by atoms with Crippen LogP contribution in [-0.4, -0.2) is 33.9 Å². The van der Waals surface area contributed by atoms with Crippen molar-refractivity contribution in [3.63, 3.8) is 0 Å². The normalized spacial score (nSPS) is 16.1. The zero-order valence-electron chi connectivity index (χ0n) is 15.6. The number of hydrogen-bond acceptors (Lipinski definition) is 2. The molecule has 1 aromatic heterocycles. The van der Waals surface area contributed by atoms with Gasteiger partial charge in [0.2, 0.25) is 5.91 Å². The van der Waals surface area contributed by atoms with Gasteiger partial charge >= 0.3 is 0 Å². The first kappa shape index (κ1) is 18.0. The lowest BCUT2D eigenvalue weighted by Gasteiger charge is -2.24. The van der Waals surface area contributed by atoms with Gasteiger partial charge in [-0.3, -0.25) is 9.59 Å². The lowest BCUT2D eigenvalue weighted by Crippen LogP contribution is -2.45. The van der Waals surface area contributed by atoms with E-state index in [2.05, 4.69) is 5.32 Å². The molecule has 3 aromatic rings. The van der Waals surface area contributed by atoms with E-state index >= 15 is 0 Å². The van der Waals surface area contributed by atoms with E-state index in [0.717, 1.165) is 17.7 Å². The van der Waals surface area contributed by atoms with Crippen molar-refractivity contribution >= 4 is 11.8 Å². The molecule has 5 heteroatoms. The molecule has 0 unspecified atom stereocenters. The Labute approximate surface area is 164 Å². The lowest BCUT2D eigenvalue weighted by molar-refractivity contribution is -0.125. The van der Waals surface area contributed by atoms with Gasteiger partial charge in [0.05, 0.1) is 0 Å². The predicted molar refractivity (Wildman–Crippen MR) is 108 cm³/mol. The Morgan fingerprint density at radius 3 is 2.36 bits per heavy atom. The number of nitrogens with one attached hydrogen (secondary N) is 1. The zero-order chi connectivity index (χ0) is 19.3. The van der Waals surface area contributed by atoms with E-state index in [0.29, 0.717) is 25.1 Å². The number of likely N-dealkylation sites (tertiary alicyclic amines) is 1. The maximum absolute atomic E-state index is 13.0. The molecule has 142 valence electrons. The molecule has 1 atom stereocenters. The van der Waals surface area contributed by atoms with Gasteiger partial charge < -0.3 is 14.8 Å². The summed E-state index contributed by atoms with van der Waals surface area (Å²) in [7, 11) is 0. The number of rotatable bonds is 5. The number of aromatic nitrogens is 1. The van der Waals surface area contributed by atoms with Crippen LogP contribution in [0.2, 0.25) is 0 Å². The minimum Gasteiger partial charge on any atom is -0.350 e. The number of hydrogen-bond donors (Lipinski definition) is 1. The topological polar surface area (TPSA) is 54.3 Å². The predicted octanol–water partition coefficient (Wildman–Crippen LogP) is 3.40. The SMILES string of the molecule is O=C(NCc1ccccc1)[C@@H]1CCCN1C(=O)c1ccc(-n2cccc2)cc1. The minimum absolute atomic E-state index is 0.0846. The highest BCUT2D eigenvalue weighted by Gasteiger charge is 2.34. The summed E-state index contributed by atoms with van der Waals surface area (Å²) in [4.78, 5) is 27.3. The van der Waals surface area contributed by atoms with Crippen LogP contribution in [0.3, 0.4) is 0 Å². The molecule has 0 spiro atoms. The highest BCUT2D eigenvalue weighted by atomic mass is 16.2. The smallest absolute Gasteiger partial charge is 0.254 e. The molecular weight excluding hydrogens is 350 g/mol. The Morgan fingerprint density at radius 2 is 1.64 bits per heavy atom. The molecular formula is C23H23N3O2. The molecule has 1 fully saturated rings. The van der Waals surface area contributed by atoms with Crippen LogP contribution < -0.4 is 5.32 Å². The summed E-state index contributed by atoms with van der Waals surface area (Å²) >= 11 is 0. The summed E-state index contributed by atoms with van der Waals surface area (Å²) < 4.78 is 1.99. The van der Waals surface area contributed by atoms with Crippen molar-refractivity contribution in [3.8, 4) is 5.69 Å². The molecule has 0 radical (unpaired) electrons. The number of carbonyl (C=O) groups excluding carboxylic acids is 2. The first-order valence-corrected chi connectivity index (χ1v) is 9.58. The summed E-state index contributed by atoms with van der Waals surface area (Å²) in [6, 6.07) is 20.8. The van der Waals surface area contributed by atoms with Crippen molar-refractivity contribution in [2.45, 2.75) is 25.4 Å². The van der Waals surface area contributed by atoms with Crippen molar-refractivity contribution in [3.05, 3.63) is 90.3 Å². The van der Waals surface area contributed by atoms with Crippen LogP contribution in [0.15, 0.2) is 79.1 Å². The van der Waals surface area contributed by atoms with Crippen LogP contribution >= 0.6 is 0 Å². The fourth-order valence-electron chi connectivity index (χ4n) is 3.63. The summed E-state index contributed by atoms with van der Waals surface area (Å²) in [6.07, 6.45) is 5.47. The van der Waals surface area contributed by atoms with E-state index in [-0.39, 0.29) is 11.8 Å². The summed E-state index contributed by atoms with van der Waals surface area (Å²) in [5.74, 6) is -0.171. The second-order valence-electron chi connectivity index (χ2n) is 7.00. The quantitative estimate of drug-likeness (QED) is 0.745. The molecule has 2 heterocycles. The van der Waals surface area contributed by atoms with E-state index in [1.807, 2.05) is 83.7 Å². The van der Waals surface area contributed by atoms with Gasteiger partial charge in [0.15, 0.2) is 0 Å². The summed E-state index contributed by atoms with van der Waals surface area (Å²) in [6.45, 7) is 1.09. The van der Waals surface area contributed by atoms with Gasteiger partial charge in [-0.25, -0.2) is 0 Å². The minimum atomic E-state index is -0.402. The van der Waals surface area contributed by atoms with Crippen molar-refractivity contribution in [1.82, 2.24) is 14.8 Å². The molecule has 1 saturated heterocycles. The van der Waals surface area contributed by atoms with Gasteiger partial charge in [0.1, 0.15) is 6.04 Å². The van der Waals surface area contributed by atoms with Gasteiger partial charge in [-0.05, 0) is 54.8 Å². The van der Waals surface area contributed by atoms with Gasteiger partial charge in [-0.2, -0.15) is 0 Å². The maximum atomic E-state index is 13.0. The van der Waals surface area contributed by atoms with Crippen molar-refractivity contribution in [2.75, 3.05) is 6.54 Å². The number of nitrogens with zero attached hydrogens (tertiary/aromatic N) is 2. The number of benzene rings is 2. The number of carbonyl (C=O) groups is 2. The highest BCUT2D eigenvalue weighted by molar-refractivity contribution is 5.98. The molecule has 1 aliphatic rings. The molecule has 2 amide bonds. The second kappa shape index (κ2) is 8.13. The molecule has 2 aromatic carbocycles. The molecule has 4 rings (SSSR count). The molecule has 28 heavy (non-hydrogen) atoms. The van der Waals surface area contributed by atoms with E-state index < -0.39 is 6.04 Å². The Bertz CT molecular complexity index is 934. The number of amides is 2. The van der Waals surface area contributed by atoms with Crippen molar-refractivity contribution < 1.29 is 9.59 Å². The van der Waals surface area contributed by atoms with Crippen LogP contribution in [-0.2, 0) is 11.3 Å².